The van der Waals surface area contributed by atoms with E-state index in [2.05, 4.69) is 11.9 Å². The summed E-state index contributed by atoms with van der Waals surface area (Å²) >= 11 is 0. The first-order valence-electron chi connectivity index (χ1n) is 13.8. The largest absolute Gasteiger partial charge is 0.497 e. The second-order valence-electron chi connectivity index (χ2n) is 11.1. The standard InChI is InChI=1S/C28H46N4O6S/c1-21-17-25(37-6)18-22(2)27(21)39(35,36)31(5)15-16-38-20-26(33)30(4)19-23-7-9-24(10-8-23)28(34)32-13-11-29(3)12-14-32/h17-18,23-24H,7-16,19-20H2,1-6H3. The molecule has 0 aromatic heterocycles. The van der Waals surface area contributed by atoms with Crippen LogP contribution in [0.5, 0.6) is 5.75 Å². The van der Waals surface area contributed by atoms with E-state index in [1.807, 2.05) is 4.90 Å². The second kappa shape index (κ2) is 13.9. The van der Waals surface area contributed by atoms with Crippen LogP contribution in [0.4, 0.5) is 0 Å². The van der Waals surface area contributed by atoms with Gasteiger partial charge in [-0.05, 0) is 75.8 Å². The average molecular weight is 567 g/mol. The summed E-state index contributed by atoms with van der Waals surface area (Å²) in [5, 5.41) is 0. The summed E-state index contributed by atoms with van der Waals surface area (Å²) in [6.45, 7) is 7.79. The van der Waals surface area contributed by atoms with Crippen LogP contribution < -0.4 is 4.74 Å². The highest BCUT2D eigenvalue weighted by Gasteiger charge is 2.31. The lowest BCUT2D eigenvalue weighted by atomic mass is 9.81. The Balaban J connectivity index is 1.38. The van der Waals surface area contributed by atoms with Gasteiger partial charge in [0.2, 0.25) is 21.8 Å². The number of aryl methyl sites for hydroxylation is 2. The molecule has 39 heavy (non-hydrogen) atoms. The van der Waals surface area contributed by atoms with E-state index in [4.69, 9.17) is 9.47 Å². The predicted molar refractivity (Wildman–Crippen MR) is 150 cm³/mol. The minimum absolute atomic E-state index is 0.0950. The number of carbonyl (C=O) groups excluding carboxylic acids is 2. The van der Waals surface area contributed by atoms with E-state index in [1.54, 1.807) is 45.0 Å². The highest BCUT2D eigenvalue weighted by molar-refractivity contribution is 7.89. The zero-order valence-electron chi connectivity index (χ0n) is 24.4. The molecule has 2 aliphatic rings. The highest BCUT2D eigenvalue weighted by atomic mass is 32.2. The van der Waals surface area contributed by atoms with Crippen molar-refractivity contribution in [2.45, 2.75) is 44.4 Å². The number of hydrogen-bond donors (Lipinski definition) is 0. The van der Waals surface area contributed by atoms with E-state index in [-0.39, 0.29) is 36.5 Å². The van der Waals surface area contributed by atoms with Gasteiger partial charge in [-0.2, -0.15) is 4.31 Å². The Morgan fingerprint density at radius 3 is 2.15 bits per heavy atom. The normalized spacial score (nSPS) is 20.7. The van der Waals surface area contributed by atoms with Crippen molar-refractivity contribution < 1.29 is 27.5 Å². The van der Waals surface area contributed by atoms with Crippen LogP contribution in [-0.2, 0) is 24.3 Å². The van der Waals surface area contributed by atoms with Crippen molar-refractivity contribution in [2.75, 3.05) is 80.7 Å². The van der Waals surface area contributed by atoms with E-state index in [0.717, 1.165) is 51.9 Å². The molecule has 1 aliphatic carbocycles. The van der Waals surface area contributed by atoms with E-state index >= 15 is 0 Å². The molecule has 1 saturated carbocycles. The topological polar surface area (TPSA) is 99.7 Å². The van der Waals surface area contributed by atoms with Gasteiger partial charge in [-0.25, -0.2) is 8.42 Å². The van der Waals surface area contributed by atoms with Gasteiger partial charge in [0.25, 0.3) is 0 Å². The smallest absolute Gasteiger partial charge is 0.248 e. The maximum Gasteiger partial charge on any atom is 0.248 e. The Bertz CT molecular complexity index is 1070. The lowest BCUT2D eigenvalue weighted by Gasteiger charge is -2.37. The monoisotopic (exact) mass is 566 g/mol. The molecule has 0 unspecified atom stereocenters. The first kappa shape index (κ1) is 31.3. The molecule has 0 radical (unpaired) electrons. The van der Waals surface area contributed by atoms with Crippen molar-refractivity contribution in [2.24, 2.45) is 11.8 Å². The summed E-state index contributed by atoms with van der Waals surface area (Å²) in [4.78, 5) is 31.7. The molecule has 1 saturated heterocycles. The van der Waals surface area contributed by atoms with Crippen molar-refractivity contribution in [1.29, 1.82) is 0 Å². The summed E-state index contributed by atoms with van der Waals surface area (Å²) < 4.78 is 38.3. The molecule has 2 fully saturated rings. The number of piperazine rings is 1. The average Bonchev–Trinajstić information content (AvgIpc) is 2.90. The van der Waals surface area contributed by atoms with Crippen LogP contribution in [0, 0.1) is 25.7 Å². The van der Waals surface area contributed by atoms with Crippen LogP contribution in [0.2, 0.25) is 0 Å². The van der Waals surface area contributed by atoms with Crippen LogP contribution >= 0.6 is 0 Å². The van der Waals surface area contributed by atoms with Crippen molar-refractivity contribution >= 4 is 21.8 Å². The predicted octanol–water partition coefficient (Wildman–Crippen LogP) is 1.99. The van der Waals surface area contributed by atoms with Gasteiger partial charge in [-0.3, -0.25) is 9.59 Å². The summed E-state index contributed by atoms with van der Waals surface area (Å²) in [6, 6.07) is 3.41. The first-order chi connectivity index (χ1) is 18.4. The number of rotatable bonds is 11. The third kappa shape index (κ3) is 8.15. The molecule has 1 heterocycles. The Hall–Kier alpha value is -2.21. The lowest BCUT2D eigenvalue weighted by molar-refractivity contribution is -0.139. The van der Waals surface area contributed by atoms with Crippen molar-refractivity contribution in [3.05, 3.63) is 23.3 Å². The Kier molecular flexibility index (Phi) is 11.2. The van der Waals surface area contributed by atoms with Crippen molar-refractivity contribution in [3.8, 4) is 5.75 Å². The summed E-state index contributed by atoms with van der Waals surface area (Å²) in [5.41, 5.74) is 1.24. The number of amides is 2. The van der Waals surface area contributed by atoms with E-state index in [0.29, 0.717) is 35.2 Å². The lowest BCUT2D eigenvalue weighted by Crippen LogP contribution is -2.49. The summed E-state index contributed by atoms with van der Waals surface area (Å²) in [6.07, 6.45) is 3.63. The molecule has 1 aliphatic heterocycles. The van der Waals surface area contributed by atoms with E-state index in [9.17, 15) is 18.0 Å². The molecule has 0 spiro atoms. The molecule has 0 atom stereocenters. The SMILES string of the molecule is COc1cc(C)c(S(=O)(=O)N(C)CCOCC(=O)N(C)CC2CCC(C(=O)N3CCN(C)CC3)CC2)c(C)c1. The molecule has 2 amide bonds. The van der Waals surface area contributed by atoms with Crippen LogP contribution in [0.3, 0.4) is 0 Å². The van der Waals surface area contributed by atoms with Gasteiger partial charge in [0.05, 0.1) is 18.6 Å². The first-order valence-corrected chi connectivity index (χ1v) is 15.3. The third-order valence-corrected chi connectivity index (χ3v) is 10.2. The maximum atomic E-state index is 13.1. The molecular formula is C28H46N4O6S. The molecule has 220 valence electrons. The quantitative estimate of drug-likeness (QED) is 0.378. The fourth-order valence-corrected chi connectivity index (χ4v) is 7.10. The van der Waals surface area contributed by atoms with E-state index < -0.39 is 10.0 Å². The van der Waals surface area contributed by atoms with Gasteiger partial charge >= 0.3 is 0 Å². The Morgan fingerprint density at radius 2 is 1.59 bits per heavy atom. The molecule has 11 heteroatoms. The van der Waals surface area contributed by atoms with Gasteiger partial charge in [-0.1, -0.05) is 0 Å². The van der Waals surface area contributed by atoms with Crippen molar-refractivity contribution in [3.63, 3.8) is 0 Å². The van der Waals surface area contributed by atoms with Crippen LogP contribution in [-0.4, -0.2) is 120 Å². The van der Waals surface area contributed by atoms with Gasteiger partial charge < -0.3 is 24.2 Å². The maximum absolute atomic E-state index is 13.1. The molecule has 3 rings (SSSR count). The highest BCUT2D eigenvalue weighted by Crippen LogP contribution is 2.31. The third-order valence-electron chi connectivity index (χ3n) is 8.08. The second-order valence-corrected chi connectivity index (χ2v) is 13.1. The number of methoxy groups -OCH3 is 1. The van der Waals surface area contributed by atoms with Gasteiger partial charge in [0.15, 0.2) is 0 Å². The summed E-state index contributed by atoms with van der Waals surface area (Å²) in [7, 11) is 3.22. The van der Waals surface area contributed by atoms with Crippen LogP contribution in [0.1, 0.15) is 36.8 Å². The fraction of sp³-hybridized carbons (Fsp3) is 0.714. The Labute approximate surface area is 234 Å². The number of nitrogens with zero attached hydrogens (tertiary/aromatic N) is 4. The molecular weight excluding hydrogens is 520 g/mol. The molecule has 0 N–H and O–H groups in total. The zero-order valence-corrected chi connectivity index (χ0v) is 25.3. The number of ether oxygens (including phenoxy) is 2. The van der Waals surface area contributed by atoms with Gasteiger partial charge in [0, 0.05) is 59.3 Å². The molecule has 10 nitrogen and oxygen atoms in total. The number of carbonyl (C=O) groups is 2. The van der Waals surface area contributed by atoms with Gasteiger partial charge in [0.1, 0.15) is 12.4 Å². The van der Waals surface area contributed by atoms with Gasteiger partial charge in [-0.15, -0.1) is 0 Å². The molecule has 1 aromatic carbocycles. The van der Waals surface area contributed by atoms with Crippen molar-refractivity contribution in [1.82, 2.24) is 19.0 Å². The number of benzene rings is 1. The number of likely N-dealkylation sites (N-methyl/N-ethyl adjacent to an activating group) is 3. The number of hydrogen-bond acceptors (Lipinski definition) is 7. The van der Waals surface area contributed by atoms with Crippen LogP contribution in [0.15, 0.2) is 17.0 Å². The van der Waals surface area contributed by atoms with Crippen LogP contribution in [0.25, 0.3) is 0 Å². The summed E-state index contributed by atoms with van der Waals surface area (Å²) in [5.74, 6) is 1.27. The Morgan fingerprint density at radius 1 is 1.00 bits per heavy atom. The minimum atomic E-state index is -3.71. The molecule has 0 bridgehead atoms. The zero-order chi connectivity index (χ0) is 28.7. The molecule has 1 aromatic rings. The minimum Gasteiger partial charge on any atom is -0.497 e. The van der Waals surface area contributed by atoms with E-state index in [1.165, 1.54) is 11.4 Å². The number of sulfonamides is 1. The fourth-order valence-electron chi connectivity index (χ4n) is 5.54.